The highest BCUT2D eigenvalue weighted by Gasteiger charge is 2.36. The van der Waals surface area contributed by atoms with Crippen molar-refractivity contribution in [3.8, 4) is 11.5 Å². The van der Waals surface area contributed by atoms with Gasteiger partial charge < -0.3 is 4.74 Å². The number of halogens is 4. The lowest BCUT2D eigenvalue weighted by atomic mass is 10.1. The Bertz CT molecular complexity index is 1390. The Balaban J connectivity index is 1.62. The molecule has 4 rings (SSSR count). The van der Waals surface area contributed by atoms with Crippen molar-refractivity contribution in [3.05, 3.63) is 104 Å². The van der Waals surface area contributed by atoms with Crippen LogP contribution in [0.25, 0.3) is 6.08 Å². The summed E-state index contributed by atoms with van der Waals surface area (Å²) in [6.07, 6.45) is -3.43. The first-order valence-corrected chi connectivity index (χ1v) is 11.0. The minimum absolute atomic E-state index is 0.0192. The van der Waals surface area contributed by atoms with E-state index in [1.807, 2.05) is 0 Å². The van der Waals surface area contributed by atoms with Crippen molar-refractivity contribution in [1.29, 1.82) is 0 Å². The molecule has 36 heavy (non-hydrogen) atoms. The standard InChI is InChI=1S/C24H14F4N2O5S/c25-17-8-5-14(6-9-17)13-29-22(31)21(36-23(29)32)11-15-3-1-2-4-19(15)35-20-10-7-16(24(26,27)28)12-18(20)30(33)34/h1-12H,13H2/b21-11-. The second-order valence-electron chi connectivity index (χ2n) is 7.47. The zero-order valence-corrected chi connectivity index (χ0v) is 18.8. The van der Waals surface area contributed by atoms with E-state index in [9.17, 15) is 37.3 Å². The molecule has 1 aliphatic heterocycles. The van der Waals surface area contributed by atoms with E-state index in [1.165, 1.54) is 48.5 Å². The fourth-order valence-corrected chi connectivity index (χ4v) is 4.11. The number of hydrogen-bond donors (Lipinski definition) is 0. The van der Waals surface area contributed by atoms with Crippen molar-refractivity contribution in [3.63, 3.8) is 0 Å². The summed E-state index contributed by atoms with van der Waals surface area (Å²) in [7, 11) is 0. The quantitative estimate of drug-likeness (QED) is 0.155. The average molecular weight is 518 g/mol. The average Bonchev–Trinajstić information content (AvgIpc) is 3.08. The lowest BCUT2D eigenvalue weighted by Crippen LogP contribution is -2.27. The summed E-state index contributed by atoms with van der Waals surface area (Å²) in [5.41, 5.74) is -1.29. The second-order valence-corrected chi connectivity index (χ2v) is 8.46. The van der Waals surface area contributed by atoms with E-state index in [0.717, 1.165) is 11.0 Å². The number of nitrogens with zero attached hydrogens (tertiary/aromatic N) is 2. The fraction of sp³-hybridized carbons (Fsp3) is 0.0833. The summed E-state index contributed by atoms with van der Waals surface area (Å²) in [5.74, 6) is -1.48. The SMILES string of the molecule is O=C1S/C(=C\c2ccccc2Oc2ccc(C(F)(F)F)cc2[N+](=O)[O-])C(=O)N1Cc1ccc(F)cc1. The molecule has 0 bridgehead atoms. The van der Waals surface area contributed by atoms with Gasteiger partial charge in [0.1, 0.15) is 11.6 Å². The Kier molecular flexibility index (Phi) is 6.80. The van der Waals surface area contributed by atoms with E-state index < -0.39 is 45.1 Å². The Morgan fingerprint density at radius 2 is 1.69 bits per heavy atom. The van der Waals surface area contributed by atoms with Gasteiger partial charge in [-0.15, -0.1) is 0 Å². The Labute approximate surface area is 205 Å². The Morgan fingerprint density at radius 3 is 2.36 bits per heavy atom. The summed E-state index contributed by atoms with van der Waals surface area (Å²) in [5, 5.41) is 10.8. The van der Waals surface area contributed by atoms with Gasteiger partial charge in [0.25, 0.3) is 11.1 Å². The molecule has 0 saturated carbocycles. The molecule has 1 aliphatic rings. The molecule has 0 aromatic heterocycles. The molecule has 1 fully saturated rings. The maximum Gasteiger partial charge on any atom is 0.416 e. The van der Waals surface area contributed by atoms with Gasteiger partial charge in [-0.25, -0.2) is 4.39 Å². The van der Waals surface area contributed by atoms with E-state index in [1.54, 1.807) is 6.07 Å². The van der Waals surface area contributed by atoms with Crippen molar-refractivity contribution in [2.75, 3.05) is 0 Å². The van der Waals surface area contributed by atoms with Crippen molar-refractivity contribution in [2.24, 2.45) is 0 Å². The van der Waals surface area contributed by atoms with Gasteiger partial charge in [0.2, 0.25) is 5.75 Å². The summed E-state index contributed by atoms with van der Waals surface area (Å²) >= 11 is 0.662. The number of amides is 2. The van der Waals surface area contributed by atoms with Gasteiger partial charge in [0.15, 0.2) is 0 Å². The van der Waals surface area contributed by atoms with Crippen LogP contribution in [0.2, 0.25) is 0 Å². The van der Waals surface area contributed by atoms with Crippen molar-refractivity contribution < 1.29 is 36.8 Å². The van der Waals surface area contributed by atoms with Crippen LogP contribution < -0.4 is 4.74 Å². The molecule has 12 heteroatoms. The molecule has 2 amide bonds. The number of nitro groups is 1. The molecule has 3 aromatic rings. The molecular weight excluding hydrogens is 504 g/mol. The second kappa shape index (κ2) is 9.82. The van der Waals surface area contributed by atoms with Crippen LogP contribution in [0, 0.1) is 15.9 Å². The molecule has 3 aromatic carbocycles. The van der Waals surface area contributed by atoms with Gasteiger partial charge >= 0.3 is 11.9 Å². The molecule has 1 heterocycles. The number of rotatable bonds is 6. The highest BCUT2D eigenvalue weighted by Crippen LogP contribution is 2.40. The molecule has 0 radical (unpaired) electrons. The molecule has 0 unspecified atom stereocenters. The first kappa shape index (κ1) is 24.9. The molecule has 0 N–H and O–H groups in total. The first-order valence-electron chi connectivity index (χ1n) is 10.2. The first-order chi connectivity index (χ1) is 17.0. The highest BCUT2D eigenvalue weighted by molar-refractivity contribution is 8.18. The largest absolute Gasteiger partial charge is 0.449 e. The lowest BCUT2D eigenvalue weighted by molar-refractivity contribution is -0.385. The number of carbonyl (C=O) groups is 2. The topological polar surface area (TPSA) is 89.7 Å². The van der Waals surface area contributed by atoms with Crippen molar-refractivity contribution in [2.45, 2.75) is 12.7 Å². The van der Waals surface area contributed by atoms with E-state index in [4.69, 9.17) is 4.74 Å². The predicted octanol–water partition coefficient (Wildman–Crippen LogP) is 6.78. The third kappa shape index (κ3) is 5.38. The zero-order valence-electron chi connectivity index (χ0n) is 18.0. The molecule has 1 saturated heterocycles. The van der Waals surface area contributed by atoms with Gasteiger partial charge in [-0.1, -0.05) is 30.3 Å². The molecule has 0 spiro atoms. The molecule has 0 aliphatic carbocycles. The monoisotopic (exact) mass is 518 g/mol. The van der Waals surface area contributed by atoms with E-state index in [2.05, 4.69) is 0 Å². The zero-order chi connectivity index (χ0) is 26.0. The molecule has 0 atom stereocenters. The van der Waals surface area contributed by atoms with Crippen LogP contribution in [0.4, 0.5) is 28.0 Å². The van der Waals surface area contributed by atoms with Crippen LogP contribution in [0.3, 0.4) is 0 Å². The third-order valence-electron chi connectivity index (χ3n) is 5.04. The minimum Gasteiger partial charge on any atom is -0.449 e. The van der Waals surface area contributed by atoms with E-state index in [0.29, 0.717) is 29.5 Å². The predicted molar refractivity (Wildman–Crippen MR) is 123 cm³/mol. The number of imide groups is 1. The normalized spacial score (nSPS) is 15.0. The fourth-order valence-electron chi connectivity index (χ4n) is 3.28. The van der Waals surface area contributed by atoms with Crippen LogP contribution >= 0.6 is 11.8 Å². The number of hydrogen-bond acceptors (Lipinski definition) is 6. The summed E-state index contributed by atoms with van der Waals surface area (Å²) in [6.45, 7) is -0.0712. The summed E-state index contributed by atoms with van der Waals surface area (Å²) in [4.78, 5) is 36.7. The Hall–Kier alpha value is -4.19. The smallest absolute Gasteiger partial charge is 0.416 e. The number of thioether (sulfide) groups is 1. The van der Waals surface area contributed by atoms with Crippen molar-refractivity contribution in [1.82, 2.24) is 4.90 Å². The molecule has 7 nitrogen and oxygen atoms in total. The van der Waals surface area contributed by atoms with Gasteiger partial charge in [0.05, 0.1) is 21.9 Å². The van der Waals surface area contributed by atoms with Gasteiger partial charge in [-0.2, -0.15) is 13.2 Å². The summed E-state index contributed by atoms with van der Waals surface area (Å²) in [6, 6.07) is 13.2. The number of carbonyl (C=O) groups excluding carboxylic acids is 2. The van der Waals surface area contributed by atoms with Crippen LogP contribution in [0.5, 0.6) is 11.5 Å². The number of benzene rings is 3. The maximum absolute atomic E-state index is 13.1. The number of nitro benzene ring substituents is 1. The highest BCUT2D eigenvalue weighted by atomic mass is 32.2. The molecule has 184 valence electrons. The maximum atomic E-state index is 13.1. The number of para-hydroxylation sites is 1. The van der Waals surface area contributed by atoms with Crippen LogP contribution in [0.15, 0.2) is 71.6 Å². The van der Waals surface area contributed by atoms with Crippen LogP contribution in [-0.4, -0.2) is 21.0 Å². The van der Waals surface area contributed by atoms with Gasteiger partial charge in [-0.3, -0.25) is 24.6 Å². The van der Waals surface area contributed by atoms with E-state index in [-0.39, 0.29) is 22.8 Å². The number of ether oxygens (including phenoxy) is 1. The van der Waals surface area contributed by atoms with Crippen molar-refractivity contribution >= 4 is 34.7 Å². The van der Waals surface area contributed by atoms with Crippen LogP contribution in [-0.2, 0) is 17.5 Å². The van der Waals surface area contributed by atoms with Crippen LogP contribution in [0.1, 0.15) is 16.7 Å². The Morgan fingerprint density at radius 1 is 1.00 bits per heavy atom. The van der Waals surface area contributed by atoms with Gasteiger partial charge in [-0.05, 0) is 53.7 Å². The van der Waals surface area contributed by atoms with E-state index >= 15 is 0 Å². The molecular formula is C24H14F4N2O5S. The lowest BCUT2D eigenvalue weighted by Gasteiger charge is -2.13. The summed E-state index contributed by atoms with van der Waals surface area (Å²) < 4.78 is 57.6. The van der Waals surface area contributed by atoms with Gasteiger partial charge in [0, 0.05) is 11.6 Å². The number of alkyl halides is 3. The minimum atomic E-state index is -4.78. The third-order valence-corrected chi connectivity index (χ3v) is 5.94.